The standard InChI is InChI=1S/C12H10O2.C9H8O2/c1-14-12-7-6-9(8-13)10-4-2-3-5-11(10)12;10-9(11)7-6-8-4-2-1-3-5-8/h2-8H,1H3;1-7H,(H,10,11). The number of benzene rings is 3. The Balaban J connectivity index is 0.000000186. The molecule has 4 heteroatoms. The lowest BCUT2D eigenvalue weighted by Gasteiger charge is -2.06. The number of methoxy groups -OCH3 is 1. The van der Waals surface area contributed by atoms with Gasteiger partial charge in [-0.1, -0.05) is 54.6 Å². The molecule has 3 rings (SSSR count). The third kappa shape index (κ3) is 5.04. The zero-order valence-electron chi connectivity index (χ0n) is 13.8. The molecule has 0 spiro atoms. The molecule has 0 saturated heterocycles. The lowest BCUT2D eigenvalue weighted by atomic mass is 10.0. The number of ether oxygens (including phenoxy) is 1. The largest absolute Gasteiger partial charge is 0.496 e. The molecule has 0 saturated carbocycles. The molecule has 0 atom stereocenters. The van der Waals surface area contributed by atoms with Gasteiger partial charge in [-0.2, -0.15) is 0 Å². The van der Waals surface area contributed by atoms with E-state index >= 15 is 0 Å². The van der Waals surface area contributed by atoms with E-state index in [9.17, 15) is 9.59 Å². The van der Waals surface area contributed by atoms with Crippen molar-refractivity contribution in [3.05, 3.63) is 83.9 Å². The van der Waals surface area contributed by atoms with Crippen LogP contribution in [0.4, 0.5) is 0 Å². The number of hydrogen-bond acceptors (Lipinski definition) is 3. The summed E-state index contributed by atoms with van der Waals surface area (Å²) in [5, 5.41) is 10.2. The van der Waals surface area contributed by atoms with E-state index in [1.54, 1.807) is 19.3 Å². The van der Waals surface area contributed by atoms with Gasteiger partial charge in [-0.3, -0.25) is 4.79 Å². The molecule has 0 aliphatic carbocycles. The molecule has 0 unspecified atom stereocenters. The van der Waals surface area contributed by atoms with Crippen molar-refractivity contribution in [2.45, 2.75) is 0 Å². The maximum atomic E-state index is 10.8. The van der Waals surface area contributed by atoms with Gasteiger partial charge in [0.05, 0.1) is 7.11 Å². The molecule has 3 aromatic carbocycles. The first-order valence-electron chi connectivity index (χ1n) is 7.62. The van der Waals surface area contributed by atoms with Crippen molar-refractivity contribution in [1.82, 2.24) is 0 Å². The van der Waals surface area contributed by atoms with Crippen LogP contribution >= 0.6 is 0 Å². The first kappa shape index (κ1) is 17.9. The maximum absolute atomic E-state index is 10.8. The zero-order chi connectivity index (χ0) is 18.1. The molecule has 4 nitrogen and oxygen atoms in total. The second-order valence-electron chi connectivity index (χ2n) is 5.10. The molecule has 0 amide bonds. The molecule has 25 heavy (non-hydrogen) atoms. The average Bonchev–Trinajstić information content (AvgIpc) is 2.67. The molecule has 0 aliphatic heterocycles. The van der Waals surface area contributed by atoms with Crippen LogP contribution < -0.4 is 4.74 Å². The van der Waals surface area contributed by atoms with Crippen molar-refractivity contribution < 1.29 is 19.4 Å². The van der Waals surface area contributed by atoms with Gasteiger partial charge in [0.25, 0.3) is 0 Å². The number of hydrogen-bond donors (Lipinski definition) is 1. The van der Waals surface area contributed by atoms with E-state index in [0.29, 0.717) is 5.56 Å². The Kier molecular flexibility index (Phi) is 6.48. The number of fused-ring (bicyclic) bond motifs is 1. The van der Waals surface area contributed by atoms with Crippen molar-refractivity contribution >= 4 is 29.1 Å². The van der Waals surface area contributed by atoms with Crippen LogP contribution in [0, 0.1) is 0 Å². The lowest BCUT2D eigenvalue weighted by Crippen LogP contribution is -1.88. The van der Waals surface area contributed by atoms with E-state index in [1.807, 2.05) is 60.7 Å². The summed E-state index contributed by atoms with van der Waals surface area (Å²) in [6, 6.07) is 20.6. The molecule has 3 aromatic rings. The summed E-state index contributed by atoms with van der Waals surface area (Å²) in [4.78, 5) is 20.9. The van der Waals surface area contributed by atoms with Gasteiger partial charge in [0, 0.05) is 17.0 Å². The van der Waals surface area contributed by atoms with Crippen LogP contribution in [0.2, 0.25) is 0 Å². The van der Waals surface area contributed by atoms with Crippen molar-refractivity contribution in [3.8, 4) is 5.75 Å². The molecule has 0 aromatic heterocycles. The third-order valence-electron chi connectivity index (χ3n) is 3.48. The monoisotopic (exact) mass is 334 g/mol. The van der Waals surface area contributed by atoms with Crippen LogP contribution in [0.25, 0.3) is 16.8 Å². The summed E-state index contributed by atoms with van der Waals surface area (Å²) < 4.78 is 5.21. The van der Waals surface area contributed by atoms with E-state index in [-0.39, 0.29) is 0 Å². The second kappa shape index (κ2) is 9.03. The van der Waals surface area contributed by atoms with Gasteiger partial charge in [0.2, 0.25) is 0 Å². The minimum absolute atomic E-state index is 0.696. The van der Waals surface area contributed by atoms with Crippen molar-refractivity contribution in [2.24, 2.45) is 0 Å². The Labute approximate surface area is 146 Å². The van der Waals surface area contributed by atoms with Gasteiger partial charge in [-0.05, 0) is 29.2 Å². The second-order valence-corrected chi connectivity index (χ2v) is 5.10. The molecule has 0 bridgehead atoms. The fraction of sp³-hybridized carbons (Fsp3) is 0.0476. The molecule has 0 aliphatic rings. The summed E-state index contributed by atoms with van der Waals surface area (Å²) in [7, 11) is 1.63. The van der Waals surface area contributed by atoms with Gasteiger partial charge in [-0.25, -0.2) is 4.79 Å². The summed E-state index contributed by atoms with van der Waals surface area (Å²) in [5.41, 5.74) is 1.59. The van der Waals surface area contributed by atoms with E-state index < -0.39 is 5.97 Å². The fourth-order valence-corrected chi connectivity index (χ4v) is 2.31. The first-order valence-corrected chi connectivity index (χ1v) is 7.62. The molecule has 126 valence electrons. The van der Waals surface area contributed by atoms with Gasteiger partial charge >= 0.3 is 5.97 Å². The number of carboxylic acids is 1. The molecule has 0 fully saturated rings. The highest BCUT2D eigenvalue weighted by Crippen LogP contribution is 2.27. The van der Waals surface area contributed by atoms with Crippen LogP contribution in [0.15, 0.2) is 72.8 Å². The highest BCUT2D eigenvalue weighted by atomic mass is 16.5. The summed E-state index contributed by atoms with van der Waals surface area (Å²) >= 11 is 0. The normalized spacial score (nSPS) is 10.1. The molecule has 0 heterocycles. The van der Waals surface area contributed by atoms with Gasteiger partial charge in [0.1, 0.15) is 5.75 Å². The highest BCUT2D eigenvalue weighted by molar-refractivity contribution is 6.00. The quantitative estimate of drug-likeness (QED) is 0.566. The Hall–Kier alpha value is -3.40. The molecular weight excluding hydrogens is 316 g/mol. The fourth-order valence-electron chi connectivity index (χ4n) is 2.31. The highest BCUT2D eigenvalue weighted by Gasteiger charge is 2.03. The summed E-state index contributed by atoms with van der Waals surface area (Å²) in [6.07, 6.45) is 3.54. The number of aldehydes is 1. The Morgan fingerprint density at radius 3 is 2.16 bits per heavy atom. The Morgan fingerprint density at radius 1 is 0.920 bits per heavy atom. The smallest absolute Gasteiger partial charge is 0.328 e. The number of carbonyl (C=O) groups is 2. The van der Waals surface area contributed by atoms with Gasteiger partial charge in [-0.15, -0.1) is 0 Å². The summed E-state index contributed by atoms with van der Waals surface area (Å²) in [6.45, 7) is 0. The average molecular weight is 334 g/mol. The SMILES string of the molecule is COc1ccc(C=O)c2ccccc12.O=C(O)C=Cc1ccccc1. The van der Waals surface area contributed by atoms with Crippen molar-refractivity contribution in [3.63, 3.8) is 0 Å². The van der Waals surface area contributed by atoms with Crippen LogP contribution in [-0.4, -0.2) is 24.5 Å². The number of carboxylic acid groups (broad SMARTS) is 1. The van der Waals surface area contributed by atoms with Crippen LogP contribution in [-0.2, 0) is 4.79 Å². The van der Waals surface area contributed by atoms with E-state index in [1.165, 1.54) is 0 Å². The van der Waals surface area contributed by atoms with Crippen molar-refractivity contribution in [2.75, 3.05) is 7.11 Å². The van der Waals surface area contributed by atoms with Gasteiger partial charge < -0.3 is 9.84 Å². The van der Waals surface area contributed by atoms with Crippen LogP contribution in [0.3, 0.4) is 0 Å². The number of carbonyl (C=O) groups excluding carboxylic acids is 1. The van der Waals surface area contributed by atoms with Gasteiger partial charge in [0.15, 0.2) is 6.29 Å². The number of aliphatic carboxylic acids is 1. The Morgan fingerprint density at radius 2 is 1.56 bits per heavy atom. The molecule has 1 N–H and O–H groups in total. The minimum atomic E-state index is -0.922. The lowest BCUT2D eigenvalue weighted by molar-refractivity contribution is -0.131. The maximum Gasteiger partial charge on any atom is 0.328 e. The van der Waals surface area contributed by atoms with Crippen LogP contribution in [0.5, 0.6) is 5.75 Å². The number of rotatable bonds is 4. The van der Waals surface area contributed by atoms with E-state index in [2.05, 4.69) is 0 Å². The third-order valence-corrected chi connectivity index (χ3v) is 3.48. The Bertz CT molecular complexity index is 883. The van der Waals surface area contributed by atoms with E-state index in [0.717, 1.165) is 34.4 Å². The zero-order valence-corrected chi connectivity index (χ0v) is 13.8. The molecular formula is C21H18O4. The first-order chi connectivity index (χ1) is 12.2. The minimum Gasteiger partial charge on any atom is -0.496 e. The van der Waals surface area contributed by atoms with Crippen LogP contribution in [0.1, 0.15) is 15.9 Å². The molecule has 0 radical (unpaired) electrons. The topological polar surface area (TPSA) is 63.6 Å². The van der Waals surface area contributed by atoms with Crippen molar-refractivity contribution in [1.29, 1.82) is 0 Å². The predicted octanol–water partition coefficient (Wildman–Crippen LogP) is 4.45. The summed E-state index contributed by atoms with van der Waals surface area (Å²) in [5.74, 6) is -0.125. The van der Waals surface area contributed by atoms with E-state index in [4.69, 9.17) is 9.84 Å². The predicted molar refractivity (Wildman–Crippen MR) is 99.0 cm³/mol.